The number of likely N-dealkylation sites (tertiary alicyclic amines) is 1. The van der Waals surface area contributed by atoms with Crippen molar-refractivity contribution < 1.29 is 4.74 Å². The number of nitrogens with one attached hydrogen (secondary N) is 1. The SMILES string of the molecule is CN=C(N)NCC1CCCN1CCOC. The van der Waals surface area contributed by atoms with Gasteiger partial charge in [0.2, 0.25) is 0 Å². The maximum Gasteiger partial charge on any atom is 0.188 e. The van der Waals surface area contributed by atoms with Crippen LogP contribution in [0, 0.1) is 0 Å². The Hall–Kier alpha value is -0.810. The van der Waals surface area contributed by atoms with E-state index in [2.05, 4.69) is 15.2 Å². The minimum Gasteiger partial charge on any atom is -0.383 e. The molecule has 1 saturated heterocycles. The number of rotatable bonds is 5. The lowest BCUT2D eigenvalue weighted by atomic mass is 10.2. The van der Waals surface area contributed by atoms with Crippen molar-refractivity contribution in [1.82, 2.24) is 10.2 Å². The molecule has 0 amide bonds. The normalized spacial score (nSPS) is 23.3. The van der Waals surface area contributed by atoms with Gasteiger partial charge in [0.1, 0.15) is 0 Å². The molecular formula is C10H22N4O. The van der Waals surface area contributed by atoms with Crippen LogP contribution < -0.4 is 11.1 Å². The van der Waals surface area contributed by atoms with Gasteiger partial charge in [-0.05, 0) is 19.4 Å². The van der Waals surface area contributed by atoms with E-state index in [0.29, 0.717) is 12.0 Å². The maximum absolute atomic E-state index is 5.59. The van der Waals surface area contributed by atoms with Crippen molar-refractivity contribution >= 4 is 5.96 Å². The zero-order valence-corrected chi connectivity index (χ0v) is 9.70. The zero-order chi connectivity index (χ0) is 11.1. The van der Waals surface area contributed by atoms with Gasteiger partial charge in [-0.3, -0.25) is 9.89 Å². The number of nitrogens with zero attached hydrogens (tertiary/aromatic N) is 2. The highest BCUT2D eigenvalue weighted by Crippen LogP contribution is 2.15. The fourth-order valence-electron chi connectivity index (χ4n) is 1.93. The minimum absolute atomic E-state index is 0.522. The van der Waals surface area contributed by atoms with Gasteiger partial charge in [-0.1, -0.05) is 0 Å². The molecule has 0 aromatic rings. The molecule has 0 aromatic heterocycles. The highest BCUT2D eigenvalue weighted by atomic mass is 16.5. The van der Waals surface area contributed by atoms with E-state index in [1.54, 1.807) is 14.2 Å². The molecule has 1 heterocycles. The Balaban J connectivity index is 2.26. The molecule has 0 radical (unpaired) electrons. The topological polar surface area (TPSA) is 62.9 Å². The molecule has 1 unspecified atom stereocenters. The number of guanidine groups is 1. The van der Waals surface area contributed by atoms with Crippen molar-refractivity contribution in [2.45, 2.75) is 18.9 Å². The van der Waals surface area contributed by atoms with Crippen molar-refractivity contribution in [3.63, 3.8) is 0 Å². The van der Waals surface area contributed by atoms with Crippen LogP contribution in [0.25, 0.3) is 0 Å². The van der Waals surface area contributed by atoms with E-state index in [4.69, 9.17) is 10.5 Å². The van der Waals surface area contributed by atoms with Crippen LogP contribution >= 0.6 is 0 Å². The Morgan fingerprint density at radius 1 is 1.67 bits per heavy atom. The molecule has 3 N–H and O–H groups in total. The molecular weight excluding hydrogens is 192 g/mol. The van der Waals surface area contributed by atoms with Gasteiger partial charge in [0.25, 0.3) is 0 Å². The summed E-state index contributed by atoms with van der Waals surface area (Å²) in [5, 5.41) is 3.13. The average molecular weight is 214 g/mol. The molecule has 0 saturated carbocycles. The molecule has 1 aliphatic heterocycles. The third kappa shape index (κ3) is 4.05. The molecule has 88 valence electrons. The average Bonchev–Trinajstić information content (AvgIpc) is 2.70. The summed E-state index contributed by atoms with van der Waals surface area (Å²) in [4.78, 5) is 6.32. The standard InChI is InChI=1S/C10H22N4O/c1-12-10(11)13-8-9-4-3-5-14(9)6-7-15-2/h9H,3-8H2,1-2H3,(H3,11,12,13). The predicted molar refractivity (Wildman–Crippen MR) is 62.0 cm³/mol. The Morgan fingerprint density at radius 2 is 2.47 bits per heavy atom. The lowest BCUT2D eigenvalue weighted by Gasteiger charge is -2.24. The highest BCUT2D eigenvalue weighted by Gasteiger charge is 2.23. The van der Waals surface area contributed by atoms with E-state index in [9.17, 15) is 0 Å². The first-order valence-corrected chi connectivity index (χ1v) is 5.47. The summed E-state index contributed by atoms with van der Waals surface area (Å²) in [6, 6.07) is 0.570. The van der Waals surface area contributed by atoms with Crippen molar-refractivity contribution in [2.75, 3.05) is 40.4 Å². The van der Waals surface area contributed by atoms with Gasteiger partial charge in [-0.15, -0.1) is 0 Å². The van der Waals surface area contributed by atoms with Crippen LogP contribution in [0.5, 0.6) is 0 Å². The van der Waals surface area contributed by atoms with Gasteiger partial charge in [-0.2, -0.15) is 0 Å². The van der Waals surface area contributed by atoms with E-state index in [1.807, 2.05) is 0 Å². The molecule has 0 spiro atoms. The number of nitrogens with two attached hydrogens (primary N) is 1. The first kappa shape index (κ1) is 12.3. The Labute approximate surface area is 91.7 Å². The molecule has 1 rings (SSSR count). The molecule has 5 heteroatoms. The van der Waals surface area contributed by atoms with Gasteiger partial charge in [-0.25, -0.2) is 0 Å². The van der Waals surface area contributed by atoms with E-state index < -0.39 is 0 Å². The number of hydrogen-bond acceptors (Lipinski definition) is 3. The van der Waals surface area contributed by atoms with Crippen molar-refractivity contribution in [3.05, 3.63) is 0 Å². The molecule has 15 heavy (non-hydrogen) atoms. The molecule has 0 aliphatic carbocycles. The second-order valence-electron chi connectivity index (χ2n) is 3.81. The highest BCUT2D eigenvalue weighted by molar-refractivity contribution is 5.77. The minimum atomic E-state index is 0.522. The third-order valence-electron chi connectivity index (χ3n) is 2.84. The smallest absolute Gasteiger partial charge is 0.188 e. The zero-order valence-electron chi connectivity index (χ0n) is 9.70. The summed E-state index contributed by atoms with van der Waals surface area (Å²) in [5.74, 6) is 0.522. The molecule has 5 nitrogen and oxygen atoms in total. The fraction of sp³-hybridized carbons (Fsp3) is 0.900. The number of aliphatic imine (C=N–C) groups is 1. The quantitative estimate of drug-likeness (QED) is 0.484. The van der Waals surface area contributed by atoms with Gasteiger partial charge < -0.3 is 15.8 Å². The second-order valence-corrected chi connectivity index (χ2v) is 3.81. The summed E-state index contributed by atoms with van der Waals surface area (Å²) < 4.78 is 5.09. The van der Waals surface area contributed by atoms with Crippen molar-refractivity contribution in [3.8, 4) is 0 Å². The summed E-state index contributed by atoms with van der Waals surface area (Å²) in [7, 11) is 3.44. The van der Waals surface area contributed by atoms with Crippen molar-refractivity contribution in [2.24, 2.45) is 10.7 Å². The van der Waals surface area contributed by atoms with Gasteiger partial charge in [0.05, 0.1) is 6.61 Å². The molecule has 1 fully saturated rings. The number of methoxy groups -OCH3 is 1. The van der Waals surface area contributed by atoms with Crippen LogP contribution in [0.3, 0.4) is 0 Å². The first-order valence-electron chi connectivity index (χ1n) is 5.47. The lowest BCUT2D eigenvalue weighted by molar-refractivity contribution is 0.141. The molecule has 1 atom stereocenters. The van der Waals surface area contributed by atoms with Gasteiger partial charge in [0, 0.05) is 33.3 Å². The van der Waals surface area contributed by atoms with Crippen LogP contribution in [0.15, 0.2) is 4.99 Å². The summed E-state index contributed by atoms with van der Waals surface area (Å²) in [5.41, 5.74) is 5.59. The molecule has 1 aliphatic rings. The first-order chi connectivity index (χ1) is 7.27. The van der Waals surface area contributed by atoms with Crippen LogP contribution in [-0.2, 0) is 4.74 Å². The molecule has 0 aromatic carbocycles. The van der Waals surface area contributed by atoms with Gasteiger partial charge >= 0.3 is 0 Å². The van der Waals surface area contributed by atoms with Crippen LogP contribution in [0.1, 0.15) is 12.8 Å². The fourth-order valence-corrected chi connectivity index (χ4v) is 1.93. The Morgan fingerprint density at radius 3 is 3.13 bits per heavy atom. The largest absolute Gasteiger partial charge is 0.383 e. The lowest BCUT2D eigenvalue weighted by Crippen LogP contribution is -2.43. The monoisotopic (exact) mass is 214 g/mol. The van der Waals surface area contributed by atoms with Crippen molar-refractivity contribution in [1.29, 1.82) is 0 Å². The predicted octanol–water partition coefficient (Wildman–Crippen LogP) is -0.369. The van der Waals surface area contributed by atoms with Crippen LogP contribution in [-0.4, -0.2) is 57.3 Å². The van der Waals surface area contributed by atoms with Crippen LogP contribution in [0.4, 0.5) is 0 Å². The number of ether oxygens (including phenoxy) is 1. The summed E-state index contributed by atoms with van der Waals surface area (Å²) >= 11 is 0. The summed E-state index contributed by atoms with van der Waals surface area (Å²) in [6.07, 6.45) is 2.49. The van der Waals surface area contributed by atoms with E-state index in [0.717, 1.165) is 19.7 Å². The summed E-state index contributed by atoms with van der Waals surface area (Å²) in [6.45, 7) is 3.85. The Bertz CT molecular complexity index is 208. The van der Waals surface area contributed by atoms with E-state index >= 15 is 0 Å². The maximum atomic E-state index is 5.59. The van der Waals surface area contributed by atoms with E-state index in [-0.39, 0.29) is 0 Å². The van der Waals surface area contributed by atoms with Crippen LogP contribution in [0.2, 0.25) is 0 Å². The van der Waals surface area contributed by atoms with Gasteiger partial charge in [0.15, 0.2) is 5.96 Å². The van der Waals surface area contributed by atoms with E-state index in [1.165, 1.54) is 19.4 Å². The third-order valence-corrected chi connectivity index (χ3v) is 2.84. The molecule has 0 bridgehead atoms. The Kier molecular flexibility index (Phi) is 5.42. The number of hydrogen-bond donors (Lipinski definition) is 2. The second kappa shape index (κ2) is 6.63.